The molecule has 0 spiro atoms. The van der Waals surface area contributed by atoms with E-state index in [1.165, 1.54) is 154 Å². The molecular formula is C82H172N2O9Si4. The van der Waals surface area contributed by atoms with Crippen LogP contribution in [0.3, 0.4) is 0 Å². The lowest BCUT2D eigenvalue weighted by Gasteiger charge is -2.42. The highest BCUT2D eigenvalue weighted by Gasteiger charge is 2.44. The van der Waals surface area contributed by atoms with Gasteiger partial charge in [-0.05, 0) is 144 Å². The van der Waals surface area contributed by atoms with Crippen molar-refractivity contribution < 1.29 is 41.9 Å². The molecular weight excluding hydrogens is 1270 g/mol. The smallest absolute Gasteiger partial charge is 0.308 e. The molecule has 0 aliphatic heterocycles. The summed E-state index contributed by atoms with van der Waals surface area (Å²) in [6, 6.07) is 0. The highest BCUT2D eigenvalue weighted by atomic mass is 28.4. The molecule has 0 radical (unpaired) electrons. The fourth-order valence-corrected chi connectivity index (χ4v) is 17.7. The van der Waals surface area contributed by atoms with Gasteiger partial charge < -0.3 is 32.3 Å². The van der Waals surface area contributed by atoms with E-state index in [1.807, 2.05) is 0 Å². The first kappa shape index (κ1) is 96.5. The number of carbonyl (C=O) groups is 2. The Labute approximate surface area is 610 Å². The van der Waals surface area contributed by atoms with Gasteiger partial charge in [0.25, 0.3) is 0 Å². The first-order valence-corrected chi connectivity index (χ1v) is 52.9. The minimum absolute atomic E-state index is 0.137. The lowest BCUT2D eigenvalue weighted by Crippen LogP contribution is -2.50. The van der Waals surface area contributed by atoms with Crippen molar-refractivity contribution in [2.24, 2.45) is 0 Å². The van der Waals surface area contributed by atoms with Crippen molar-refractivity contribution in [1.29, 1.82) is 0 Å². The Morgan fingerprint density at radius 3 is 0.722 bits per heavy atom. The van der Waals surface area contributed by atoms with Gasteiger partial charge in [-0.25, -0.2) is 0 Å². The Morgan fingerprint density at radius 1 is 0.309 bits per heavy atom. The molecule has 97 heavy (non-hydrogen) atoms. The van der Waals surface area contributed by atoms with Crippen LogP contribution in [0.25, 0.3) is 0 Å². The Kier molecular flexibility index (Phi) is 50.6. The van der Waals surface area contributed by atoms with Gasteiger partial charge in [0.2, 0.25) is 0 Å². The second-order valence-corrected chi connectivity index (χ2v) is 55.9. The maximum Gasteiger partial charge on any atom is 0.308 e. The normalized spacial score (nSPS) is 15.3. The number of esters is 2. The van der Waals surface area contributed by atoms with Gasteiger partial charge in [-0.1, -0.05) is 291 Å². The molecule has 0 heterocycles. The average Bonchev–Trinajstić information content (AvgIpc) is 0.854. The topological polar surface area (TPSA) is 116 Å². The minimum atomic E-state index is -2.02. The molecule has 0 aromatic carbocycles. The second-order valence-electron chi connectivity index (χ2n) is 36.9. The van der Waals surface area contributed by atoms with Crippen molar-refractivity contribution in [3.63, 3.8) is 0 Å². The SMILES string of the molecule is CCCCCCCCC(CN(CCCCCCOC(=O)CC(C)(O)CC(=O)OCCCCCCN(CC(CCCCCCCC)O[Si](C)(C)C(C)(C)C)CC(CCCCCCCC)O[Si](C)(C)C(C)(C)C)CC(CCCCCCCC)O[Si](C)(C)C(C)(C)C)O[Si](C)(C)C(C)(C)C. The van der Waals surface area contributed by atoms with Crippen LogP contribution in [0, 0.1) is 0 Å². The molecule has 4 atom stereocenters. The van der Waals surface area contributed by atoms with Gasteiger partial charge in [-0.2, -0.15) is 0 Å². The molecule has 0 fully saturated rings. The first-order valence-electron chi connectivity index (χ1n) is 41.3. The van der Waals surface area contributed by atoms with Crippen LogP contribution >= 0.6 is 0 Å². The van der Waals surface area contributed by atoms with E-state index in [0.29, 0.717) is 13.2 Å². The third-order valence-electron chi connectivity index (χ3n) is 22.7. The van der Waals surface area contributed by atoms with E-state index in [1.54, 1.807) is 6.92 Å². The fourth-order valence-electron chi connectivity index (χ4n) is 12.1. The molecule has 0 aromatic heterocycles. The molecule has 0 bridgehead atoms. The molecule has 1 N–H and O–H groups in total. The maximum absolute atomic E-state index is 13.2. The quantitative estimate of drug-likeness (QED) is 0.0356. The van der Waals surface area contributed by atoms with Crippen molar-refractivity contribution in [2.75, 3.05) is 52.5 Å². The van der Waals surface area contributed by atoms with Crippen molar-refractivity contribution in [2.45, 2.75) is 464 Å². The summed E-state index contributed by atoms with van der Waals surface area (Å²) in [6.07, 6.45) is 43.1. The zero-order valence-corrected chi connectivity index (χ0v) is 73.9. The van der Waals surface area contributed by atoms with Gasteiger partial charge in [0.05, 0.1) is 56.1 Å². The van der Waals surface area contributed by atoms with E-state index in [2.05, 4.69) is 173 Å². The van der Waals surface area contributed by atoms with E-state index in [-0.39, 0.29) is 57.4 Å². The third kappa shape index (κ3) is 46.9. The predicted octanol–water partition coefficient (Wildman–Crippen LogP) is 24.9. The zero-order chi connectivity index (χ0) is 73.9. The predicted molar refractivity (Wildman–Crippen MR) is 432 cm³/mol. The van der Waals surface area contributed by atoms with Gasteiger partial charge in [0, 0.05) is 26.2 Å². The number of rotatable bonds is 62. The number of hydrogen-bond donors (Lipinski definition) is 1. The number of hydrogen-bond acceptors (Lipinski definition) is 11. The average molecular weight is 1440 g/mol. The summed E-state index contributed by atoms with van der Waals surface area (Å²) in [4.78, 5) is 31.8. The Balaban J connectivity index is 5.90. The molecule has 0 aromatic rings. The fraction of sp³-hybridized carbons (Fsp3) is 0.976. The lowest BCUT2D eigenvalue weighted by molar-refractivity contribution is -0.154. The molecule has 15 heteroatoms. The highest BCUT2D eigenvalue weighted by Crippen LogP contribution is 2.42. The molecule has 4 unspecified atom stereocenters. The van der Waals surface area contributed by atoms with E-state index in [9.17, 15) is 14.7 Å². The zero-order valence-electron chi connectivity index (χ0n) is 69.9. The van der Waals surface area contributed by atoms with Crippen LogP contribution in [0.15, 0.2) is 0 Å². The van der Waals surface area contributed by atoms with Crippen LogP contribution < -0.4 is 0 Å². The molecule has 11 nitrogen and oxygen atoms in total. The largest absolute Gasteiger partial charge is 0.466 e. The molecule has 0 saturated heterocycles. The lowest BCUT2D eigenvalue weighted by atomic mass is 9.98. The van der Waals surface area contributed by atoms with Crippen molar-refractivity contribution >= 4 is 45.2 Å². The van der Waals surface area contributed by atoms with Crippen molar-refractivity contribution in [1.82, 2.24) is 9.80 Å². The molecule has 0 saturated carbocycles. The third-order valence-corrected chi connectivity index (χ3v) is 40.9. The number of carbonyl (C=O) groups excluding carboxylic acids is 2. The van der Waals surface area contributed by atoms with Crippen LogP contribution in [0.5, 0.6) is 0 Å². The molecule has 0 rings (SSSR count). The van der Waals surface area contributed by atoms with E-state index < -0.39 is 50.8 Å². The van der Waals surface area contributed by atoms with Crippen LogP contribution in [0.4, 0.5) is 0 Å². The molecule has 0 aliphatic carbocycles. The van der Waals surface area contributed by atoms with E-state index >= 15 is 0 Å². The molecule has 580 valence electrons. The van der Waals surface area contributed by atoms with Gasteiger partial charge in [-0.15, -0.1) is 0 Å². The minimum Gasteiger partial charge on any atom is -0.466 e. The van der Waals surface area contributed by atoms with Crippen LogP contribution in [0.2, 0.25) is 72.5 Å². The Hall–Kier alpha value is -0.472. The van der Waals surface area contributed by atoms with Gasteiger partial charge in [-0.3, -0.25) is 19.4 Å². The summed E-state index contributed by atoms with van der Waals surface area (Å²) in [5.41, 5.74) is -1.55. The van der Waals surface area contributed by atoms with Gasteiger partial charge in [0.1, 0.15) is 0 Å². The van der Waals surface area contributed by atoms with Crippen LogP contribution in [0.1, 0.15) is 362 Å². The van der Waals surface area contributed by atoms with Crippen LogP contribution in [-0.4, -0.2) is 143 Å². The second kappa shape index (κ2) is 50.9. The summed E-state index contributed by atoms with van der Waals surface area (Å²) >= 11 is 0. The van der Waals surface area contributed by atoms with Crippen LogP contribution in [-0.2, 0) is 36.8 Å². The maximum atomic E-state index is 13.2. The number of unbranched alkanes of at least 4 members (excludes halogenated alkanes) is 26. The van der Waals surface area contributed by atoms with Crippen molar-refractivity contribution in [3.8, 4) is 0 Å². The highest BCUT2D eigenvalue weighted by molar-refractivity contribution is 6.75. The summed E-state index contributed by atoms with van der Waals surface area (Å²) in [7, 11) is -8.10. The van der Waals surface area contributed by atoms with Crippen molar-refractivity contribution in [3.05, 3.63) is 0 Å². The van der Waals surface area contributed by atoms with E-state index in [4.69, 9.17) is 27.2 Å². The number of aliphatic hydroxyl groups is 1. The Morgan fingerprint density at radius 2 is 0.505 bits per heavy atom. The standard InChI is InChI=1S/C82H172N2O9Si4/c1-26-30-34-38-42-50-58-72(90-94(18,19)78(5,6)7)68-83(69-73(59-51-43-39-35-31-27-2)91-95(20,21)79(8,9)10)62-54-46-48-56-64-88-76(85)66-82(17,87)67-77(86)89-65-57-49-47-55-63-84(70-74(60-52-44-40-36-32-28-3)92-96(22,23)80(11,12)13)71-75(61-53-45-41-37-33-29-4)93-97(24,25)81(14,15)16/h72-75,87H,26-71H2,1-25H3. The summed E-state index contributed by atoms with van der Waals surface area (Å²) in [5, 5.41) is 11.8. The van der Waals surface area contributed by atoms with Gasteiger partial charge in [0.15, 0.2) is 33.3 Å². The monoisotopic (exact) mass is 1440 g/mol. The summed E-state index contributed by atoms with van der Waals surface area (Å²) < 4.78 is 40.8. The molecule has 0 amide bonds. The summed E-state index contributed by atoms with van der Waals surface area (Å²) in [6.45, 7) is 64.8. The Bertz CT molecular complexity index is 1710. The molecule has 0 aliphatic rings. The van der Waals surface area contributed by atoms with Gasteiger partial charge >= 0.3 is 11.9 Å². The first-order chi connectivity index (χ1) is 45.1. The number of nitrogens with zero attached hydrogens (tertiary/aromatic N) is 2. The van der Waals surface area contributed by atoms with E-state index in [0.717, 1.165) is 116 Å². The summed E-state index contributed by atoms with van der Waals surface area (Å²) in [5.74, 6) is -0.954. The number of ether oxygens (including phenoxy) is 2.